The van der Waals surface area contributed by atoms with Crippen LogP contribution < -0.4 is 5.32 Å². The van der Waals surface area contributed by atoms with Gasteiger partial charge in [-0.15, -0.1) is 10.2 Å². The zero-order valence-corrected chi connectivity index (χ0v) is 12.2. The van der Waals surface area contributed by atoms with E-state index in [-0.39, 0.29) is 0 Å². The largest absolute Gasteiger partial charge is 0.311 e. The van der Waals surface area contributed by atoms with Crippen molar-refractivity contribution in [2.45, 2.75) is 19.4 Å². The maximum Gasteiger partial charge on any atom is 0.148 e. The first kappa shape index (κ1) is 12.7. The lowest BCUT2D eigenvalue weighted by Gasteiger charge is -2.08. The van der Waals surface area contributed by atoms with Crippen LogP contribution in [0.15, 0.2) is 28.7 Å². The van der Waals surface area contributed by atoms with Gasteiger partial charge in [-0.2, -0.15) is 0 Å². The molecule has 0 amide bonds. The second kappa shape index (κ2) is 5.71. The maximum atomic E-state index is 4.26. The molecular formula is C12H14BrN3S. The predicted molar refractivity (Wildman–Crippen MR) is 75.1 cm³/mol. The lowest BCUT2D eigenvalue weighted by atomic mass is 10.2. The predicted octanol–water partition coefficient (Wildman–Crippen LogP) is 3.64. The van der Waals surface area contributed by atoms with E-state index < -0.39 is 0 Å². The zero-order chi connectivity index (χ0) is 12.3. The number of nitrogens with one attached hydrogen (secondary N) is 1. The zero-order valence-electron chi connectivity index (χ0n) is 9.77. The van der Waals surface area contributed by atoms with Crippen LogP contribution in [0.1, 0.15) is 24.4 Å². The van der Waals surface area contributed by atoms with E-state index in [0.717, 1.165) is 26.5 Å². The molecule has 3 nitrogen and oxygen atoms in total. The van der Waals surface area contributed by atoms with E-state index in [0.29, 0.717) is 6.04 Å². The molecule has 90 valence electrons. The molecule has 2 aromatic rings. The Balaban J connectivity index is 2.33. The molecule has 0 radical (unpaired) electrons. The van der Waals surface area contributed by atoms with Gasteiger partial charge in [-0.05, 0) is 19.5 Å². The molecular weight excluding hydrogens is 298 g/mol. The second-order valence-electron chi connectivity index (χ2n) is 3.67. The second-order valence-corrected chi connectivity index (χ2v) is 5.54. The van der Waals surface area contributed by atoms with Crippen molar-refractivity contribution >= 4 is 27.3 Å². The molecule has 0 aliphatic heterocycles. The molecule has 1 unspecified atom stereocenters. The SMILES string of the molecule is CCC(NC)c1nnc(-c2ccccc2Br)s1. The van der Waals surface area contributed by atoms with Crippen molar-refractivity contribution < 1.29 is 0 Å². The maximum absolute atomic E-state index is 4.26. The Morgan fingerprint density at radius 1 is 1.35 bits per heavy atom. The third kappa shape index (κ3) is 2.73. The van der Waals surface area contributed by atoms with E-state index in [1.165, 1.54) is 0 Å². The third-order valence-electron chi connectivity index (χ3n) is 2.60. The summed E-state index contributed by atoms with van der Waals surface area (Å²) in [7, 11) is 1.95. The molecule has 1 atom stereocenters. The van der Waals surface area contributed by atoms with Crippen LogP contribution in [-0.2, 0) is 0 Å². The molecule has 0 fully saturated rings. The van der Waals surface area contributed by atoms with Crippen molar-refractivity contribution in [3.05, 3.63) is 33.7 Å². The van der Waals surface area contributed by atoms with Gasteiger partial charge in [0.1, 0.15) is 10.0 Å². The van der Waals surface area contributed by atoms with Crippen LogP contribution in [0.2, 0.25) is 0 Å². The van der Waals surface area contributed by atoms with Gasteiger partial charge in [-0.3, -0.25) is 0 Å². The van der Waals surface area contributed by atoms with Crippen LogP contribution >= 0.6 is 27.3 Å². The van der Waals surface area contributed by atoms with E-state index in [9.17, 15) is 0 Å². The van der Waals surface area contributed by atoms with Gasteiger partial charge in [0.15, 0.2) is 0 Å². The topological polar surface area (TPSA) is 37.8 Å². The molecule has 0 aliphatic rings. The fourth-order valence-corrected chi connectivity index (χ4v) is 3.30. The minimum atomic E-state index is 0.295. The number of benzene rings is 1. The first-order chi connectivity index (χ1) is 8.26. The van der Waals surface area contributed by atoms with Crippen LogP contribution in [0.4, 0.5) is 0 Å². The van der Waals surface area contributed by atoms with Crippen LogP contribution in [-0.4, -0.2) is 17.2 Å². The number of nitrogens with zero attached hydrogens (tertiary/aromatic N) is 2. The van der Waals surface area contributed by atoms with Crippen LogP contribution in [0, 0.1) is 0 Å². The molecule has 2 rings (SSSR count). The smallest absolute Gasteiger partial charge is 0.148 e. The molecule has 0 spiro atoms. The molecule has 5 heteroatoms. The summed E-state index contributed by atoms with van der Waals surface area (Å²) in [5, 5.41) is 13.8. The third-order valence-corrected chi connectivity index (χ3v) is 4.36. The van der Waals surface area contributed by atoms with Gasteiger partial charge in [-0.1, -0.05) is 52.4 Å². The summed E-state index contributed by atoms with van der Waals surface area (Å²) in [5.41, 5.74) is 1.10. The van der Waals surface area contributed by atoms with Gasteiger partial charge in [-0.25, -0.2) is 0 Å². The van der Waals surface area contributed by atoms with E-state index in [2.05, 4.69) is 44.4 Å². The highest BCUT2D eigenvalue weighted by Crippen LogP contribution is 2.32. The number of halogens is 1. The molecule has 1 aromatic heterocycles. The summed E-state index contributed by atoms with van der Waals surface area (Å²) in [6.45, 7) is 2.14. The van der Waals surface area contributed by atoms with Crippen molar-refractivity contribution in [1.29, 1.82) is 0 Å². The molecule has 0 saturated heterocycles. The van der Waals surface area contributed by atoms with Gasteiger partial charge >= 0.3 is 0 Å². The Labute approximate surface area is 113 Å². The first-order valence-corrected chi connectivity index (χ1v) is 7.12. The van der Waals surface area contributed by atoms with Crippen molar-refractivity contribution in [2.24, 2.45) is 0 Å². The van der Waals surface area contributed by atoms with Crippen molar-refractivity contribution in [3.63, 3.8) is 0 Å². The summed E-state index contributed by atoms with van der Waals surface area (Å²) < 4.78 is 1.06. The summed E-state index contributed by atoms with van der Waals surface area (Å²) >= 11 is 5.18. The molecule has 17 heavy (non-hydrogen) atoms. The van der Waals surface area contributed by atoms with Crippen LogP contribution in [0.5, 0.6) is 0 Å². The normalized spacial score (nSPS) is 12.6. The monoisotopic (exact) mass is 311 g/mol. The Morgan fingerprint density at radius 2 is 2.12 bits per heavy atom. The van der Waals surface area contributed by atoms with Gasteiger partial charge < -0.3 is 5.32 Å². The number of aromatic nitrogens is 2. The molecule has 1 aromatic carbocycles. The Morgan fingerprint density at radius 3 is 2.76 bits per heavy atom. The number of hydrogen-bond acceptors (Lipinski definition) is 4. The summed E-state index contributed by atoms with van der Waals surface area (Å²) in [5.74, 6) is 0. The number of rotatable bonds is 4. The quantitative estimate of drug-likeness (QED) is 0.936. The van der Waals surface area contributed by atoms with E-state index in [1.54, 1.807) is 11.3 Å². The summed E-state index contributed by atoms with van der Waals surface area (Å²) in [6.07, 6.45) is 1.01. The highest BCUT2D eigenvalue weighted by molar-refractivity contribution is 9.10. The van der Waals surface area contributed by atoms with Crippen LogP contribution in [0.3, 0.4) is 0 Å². The number of hydrogen-bond donors (Lipinski definition) is 1. The van der Waals surface area contributed by atoms with Gasteiger partial charge in [0.2, 0.25) is 0 Å². The minimum absolute atomic E-state index is 0.295. The summed E-state index contributed by atoms with van der Waals surface area (Å²) in [4.78, 5) is 0. The van der Waals surface area contributed by atoms with E-state index >= 15 is 0 Å². The highest BCUT2D eigenvalue weighted by Gasteiger charge is 2.14. The Hall–Kier alpha value is -0.780. The summed E-state index contributed by atoms with van der Waals surface area (Å²) in [6, 6.07) is 8.37. The Kier molecular flexibility index (Phi) is 4.25. The van der Waals surface area contributed by atoms with E-state index in [1.807, 2.05) is 25.2 Å². The first-order valence-electron chi connectivity index (χ1n) is 5.51. The highest BCUT2D eigenvalue weighted by atomic mass is 79.9. The minimum Gasteiger partial charge on any atom is -0.311 e. The fourth-order valence-electron chi connectivity index (χ4n) is 1.62. The molecule has 0 bridgehead atoms. The molecule has 0 saturated carbocycles. The van der Waals surface area contributed by atoms with Crippen LogP contribution in [0.25, 0.3) is 10.6 Å². The lowest BCUT2D eigenvalue weighted by Crippen LogP contribution is -2.14. The van der Waals surface area contributed by atoms with Crippen molar-refractivity contribution in [2.75, 3.05) is 7.05 Å². The average molecular weight is 312 g/mol. The lowest BCUT2D eigenvalue weighted by molar-refractivity contribution is 0.568. The molecule has 0 aliphatic carbocycles. The Bertz CT molecular complexity index is 494. The van der Waals surface area contributed by atoms with Crippen molar-refractivity contribution in [3.8, 4) is 10.6 Å². The van der Waals surface area contributed by atoms with Gasteiger partial charge in [0.25, 0.3) is 0 Å². The van der Waals surface area contributed by atoms with Crippen molar-refractivity contribution in [1.82, 2.24) is 15.5 Å². The van der Waals surface area contributed by atoms with E-state index in [4.69, 9.17) is 0 Å². The van der Waals surface area contributed by atoms with Gasteiger partial charge in [0, 0.05) is 10.0 Å². The fraction of sp³-hybridized carbons (Fsp3) is 0.333. The molecule has 1 heterocycles. The standard InChI is InChI=1S/C12H14BrN3S/c1-3-10(14-2)12-16-15-11(17-12)8-6-4-5-7-9(8)13/h4-7,10,14H,3H2,1-2H3. The van der Waals surface area contributed by atoms with Gasteiger partial charge in [0.05, 0.1) is 6.04 Å². The average Bonchev–Trinajstić information content (AvgIpc) is 2.81. The molecule has 1 N–H and O–H groups in total.